The molecule has 2 N–H and O–H groups in total. The molecule has 0 unspecified atom stereocenters. The predicted molar refractivity (Wildman–Crippen MR) is 73.2 cm³/mol. The fraction of sp³-hybridized carbons (Fsp3) is 0.500. The third-order valence-corrected chi connectivity index (χ3v) is 3.76. The van der Waals surface area contributed by atoms with Gasteiger partial charge in [0.05, 0.1) is 21.6 Å². The highest BCUT2D eigenvalue weighted by atomic mass is 16.7. The van der Waals surface area contributed by atoms with Gasteiger partial charge in [-0.15, -0.1) is 0 Å². The van der Waals surface area contributed by atoms with E-state index in [0.717, 1.165) is 0 Å². The van der Waals surface area contributed by atoms with E-state index in [1.807, 2.05) is 27.7 Å². The van der Waals surface area contributed by atoms with Gasteiger partial charge in [-0.1, -0.05) is 0 Å². The summed E-state index contributed by atoms with van der Waals surface area (Å²) in [5.74, 6) is 0. The van der Waals surface area contributed by atoms with Crippen molar-refractivity contribution in [2.24, 2.45) is 0 Å². The van der Waals surface area contributed by atoms with Crippen LogP contribution in [-0.2, 0) is 9.31 Å². The minimum absolute atomic E-state index is 0.0484. The van der Waals surface area contributed by atoms with Crippen molar-refractivity contribution >= 4 is 24.0 Å². The summed E-state index contributed by atoms with van der Waals surface area (Å²) >= 11 is 0. The van der Waals surface area contributed by atoms with E-state index in [1.165, 1.54) is 18.2 Å². The van der Waals surface area contributed by atoms with Crippen LogP contribution in [0.4, 0.5) is 11.4 Å². The summed E-state index contributed by atoms with van der Waals surface area (Å²) in [5, 5.41) is 11.1. The molecule has 1 aromatic carbocycles. The molecule has 19 heavy (non-hydrogen) atoms. The summed E-state index contributed by atoms with van der Waals surface area (Å²) in [5.41, 5.74) is 5.35. The molecule has 1 fully saturated rings. The Morgan fingerprint density at radius 1 is 1.21 bits per heavy atom. The van der Waals surface area contributed by atoms with Gasteiger partial charge in [-0.3, -0.25) is 10.1 Å². The lowest BCUT2D eigenvalue weighted by Gasteiger charge is -2.32. The molecule has 7 heteroatoms. The van der Waals surface area contributed by atoms with Gasteiger partial charge in [0.1, 0.15) is 0 Å². The number of hydrogen-bond donors (Lipinski definition) is 1. The van der Waals surface area contributed by atoms with Crippen molar-refractivity contribution in [3.63, 3.8) is 0 Å². The molecular formula is C12H17BN2O4. The van der Waals surface area contributed by atoms with Crippen molar-refractivity contribution in [2.45, 2.75) is 38.9 Å². The van der Waals surface area contributed by atoms with Gasteiger partial charge in [-0.25, -0.2) is 0 Å². The molecule has 1 aliphatic heterocycles. The van der Waals surface area contributed by atoms with E-state index < -0.39 is 23.2 Å². The molecule has 1 aliphatic rings. The molecule has 102 valence electrons. The van der Waals surface area contributed by atoms with Gasteiger partial charge in [0.2, 0.25) is 0 Å². The highest BCUT2D eigenvalue weighted by molar-refractivity contribution is 6.63. The lowest BCUT2D eigenvalue weighted by molar-refractivity contribution is -0.383. The monoisotopic (exact) mass is 264 g/mol. The Balaban J connectivity index is 2.44. The molecule has 0 amide bonds. The van der Waals surface area contributed by atoms with Crippen molar-refractivity contribution in [3.8, 4) is 0 Å². The number of benzene rings is 1. The summed E-state index contributed by atoms with van der Waals surface area (Å²) < 4.78 is 11.6. The molecule has 0 radical (unpaired) electrons. The molecule has 0 bridgehead atoms. The number of rotatable bonds is 2. The minimum atomic E-state index is -0.783. The first-order valence-electron chi connectivity index (χ1n) is 6.03. The Labute approximate surface area is 112 Å². The van der Waals surface area contributed by atoms with Gasteiger partial charge in [0.25, 0.3) is 5.69 Å². The normalized spacial score (nSPS) is 20.5. The summed E-state index contributed by atoms with van der Waals surface area (Å²) in [7, 11) is -0.783. The van der Waals surface area contributed by atoms with Crippen LogP contribution in [0.1, 0.15) is 27.7 Å². The standard InChI is InChI=1S/C12H17BN2O4/c1-11(2)12(3,4)19-13(18-11)9-7-8(14)5-6-10(9)15(16)17/h5-7H,14H2,1-4H3. The number of nitrogens with zero attached hydrogens (tertiary/aromatic N) is 1. The first-order chi connectivity index (χ1) is 8.64. The van der Waals surface area contributed by atoms with Crippen molar-refractivity contribution < 1.29 is 14.2 Å². The lowest BCUT2D eigenvalue weighted by atomic mass is 9.77. The second kappa shape index (κ2) is 4.21. The van der Waals surface area contributed by atoms with Gasteiger partial charge < -0.3 is 15.0 Å². The van der Waals surface area contributed by atoms with Crippen LogP contribution >= 0.6 is 0 Å². The first-order valence-corrected chi connectivity index (χ1v) is 6.03. The molecule has 0 aromatic heterocycles. The van der Waals surface area contributed by atoms with Crippen molar-refractivity contribution in [1.82, 2.24) is 0 Å². The SMILES string of the molecule is CC1(C)OB(c2cc(N)ccc2[N+](=O)[O-])OC1(C)C. The van der Waals surface area contributed by atoms with Gasteiger partial charge >= 0.3 is 7.12 Å². The maximum absolute atomic E-state index is 11.1. The smallest absolute Gasteiger partial charge is 0.399 e. The molecule has 0 saturated carbocycles. The van der Waals surface area contributed by atoms with Crippen LogP contribution < -0.4 is 11.2 Å². The number of nitrogen functional groups attached to an aromatic ring is 1. The van der Waals surface area contributed by atoms with Crippen molar-refractivity contribution in [3.05, 3.63) is 28.3 Å². The second-order valence-corrected chi connectivity index (χ2v) is 5.66. The first kappa shape index (κ1) is 13.8. The predicted octanol–water partition coefficient (Wildman–Crippen LogP) is 1.48. The van der Waals surface area contributed by atoms with Crippen LogP contribution in [0.15, 0.2) is 18.2 Å². The Bertz CT molecular complexity index is 514. The van der Waals surface area contributed by atoms with Crippen LogP contribution in [0.25, 0.3) is 0 Å². The highest BCUT2D eigenvalue weighted by Gasteiger charge is 2.53. The maximum atomic E-state index is 11.1. The number of nitro groups is 1. The molecule has 1 saturated heterocycles. The topological polar surface area (TPSA) is 87.6 Å². The van der Waals surface area contributed by atoms with Gasteiger partial charge in [0.15, 0.2) is 0 Å². The van der Waals surface area contributed by atoms with Gasteiger partial charge in [0, 0.05) is 11.8 Å². The average molecular weight is 264 g/mol. The van der Waals surface area contributed by atoms with E-state index in [9.17, 15) is 10.1 Å². The van der Waals surface area contributed by atoms with E-state index in [-0.39, 0.29) is 5.69 Å². The fourth-order valence-electron chi connectivity index (χ4n) is 1.90. The zero-order valence-electron chi connectivity index (χ0n) is 11.5. The highest BCUT2D eigenvalue weighted by Crippen LogP contribution is 2.37. The molecule has 0 aliphatic carbocycles. The van der Waals surface area contributed by atoms with Crippen molar-refractivity contribution in [2.75, 3.05) is 5.73 Å². The number of hydrogen-bond acceptors (Lipinski definition) is 5. The average Bonchev–Trinajstić information content (AvgIpc) is 2.47. The quantitative estimate of drug-likeness (QED) is 0.378. The lowest BCUT2D eigenvalue weighted by Crippen LogP contribution is -2.41. The van der Waals surface area contributed by atoms with E-state index in [1.54, 1.807) is 0 Å². The molecular weight excluding hydrogens is 247 g/mol. The molecule has 1 aromatic rings. The van der Waals surface area contributed by atoms with E-state index in [0.29, 0.717) is 11.2 Å². The largest absolute Gasteiger partial charge is 0.502 e. The van der Waals surface area contributed by atoms with E-state index in [2.05, 4.69) is 0 Å². The Hall–Kier alpha value is -1.60. The summed E-state index contributed by atoms with van der Waals surface area (Å²) in [6.45, 7) is 7.58. The minimum Gasteiger partial charge on any atom is -0.399 e. The van der Waals surface area contributed by atoms with Crippen LogP contribution in [0, 0.1) is 10.1 Å². The van der Waals surface area contributed by atoms with Gasteiger partial charge in [-0.2, -0.15) is 0 Å². The number of anilines is 1. The van der Waals surface area contributed by atoms with Crippen LogP contribution in [0.2, 0.25) is 0 Å². The number of nitro benzene ring substituents is 1. The zero-order valence-corrected chi connectivity index (χ0v) is 11.5. The van der Waals surface area contributed by atoms with Crippen LogP contribution in [0.5, 0.6) is 0 Å². The van der Waals surface area contributed by atoms with Crippen molar-refractivity contribution in [1.29, 1.82) is 0 Å². The Morgan fingerprint density at radius 2 is 1.74 bits per heavy atom. The fourth-order valence-corrected chi connectivity index (χ4v) is 1.90. The van der Waals surface area contributed by atoms with Gasteiger partial charge in [-0.05, 0) is 39.8 Å². The van der Waals surface area contributed by atoms with E-state index >= 15 is 0 Å². The summed E-state index contributed by atoms with van der Waals surface area (Å²) in [6, 6.07) is 4.39. The van der Waals surface area contributed by atoms with Crippen LogP contribution in [-0.4, -0.2) is 23.2 Å². The Kier molecular flexibility index (Phi) is 3.06. The Morgan fingerprint density at radius 3 is 2.21 bits per heavy atom. The third-order valence-electron chi connectivity index (χ3n) is 3.76. The number of nitrogens with two attached hydrogens (primary N) is 1. The molecule has 0 spiro atoms. The van der Waals surface area contributed by atoms with Crippen LogP contribution in [0.3, 0.4) is 0 Å². The third kappa shape index (κ3) is 2.31. The molecule has 1 heterocycles. The zero-order chi connectivity index (χ0) is 14.4. The molecule has 6 nitrogen and oxygen atoms in total. The maximum Gasteiger partial charge on any atom is 0.502 e. The second-order valence-electron chi connectivity index (χ2n) is 5.66. The molecule has 0 atom stereocenters. The molecule has 2 rings (SSSR count). The van der Waals surface area contributed by atoms with E-state index in [4.69, 9.17) is 15.0 Å². The summed E-state index contributed by atoms with van der Waals surface area (Å²) in [4.78, 5) is 10.6. The summed E-state index contributed by atoms with van der Waals surface area (Å²) in [6.07, 6.45) is 0.